The summed E-state index contributed by atoms with van der Waals surface area (Å²) in [6.45, 7) is 6.21. The average molecular weight is 273 g/mol. The fourth-order valence-electron chi connectivity index (χ4n) is 2.08. The quantitative estimate of drug-likeness (QED) is 0.712. The number of hydrogen-bond acceptors (Lipinski definition) is 5. The van der Waals surface area contributed by atoms with Crippen LogP contribution in [0.1, 0.15) is 27.2 Å². The van der Waals surface area contributed by atoms with Gasteiger partial charge in [-0.3, -0.25) is 4.79 Å². The number of rotatable bonds is 2. The van der Waals surface area contributed by atoms with Crippen molar-refractivity contribution in [2.75, 3.05) is 27.3 Å². The highest BCUT2D eigenvalue weighted by Crippen LogP contribution is 2.22. The van der Waals surface area contributed by atoms with Crippen molar-refractivity contribution in [2.45, 2.75) is 38.9 Å². The zero-order valence-electron chi connectivity index (χ0n) is 12.3. The predicted molar refractivity (Wildman–Crippen MR) is 68.7 cm³/mol. The van der Waals surface area contributed by atoms with Gasteiger partial charge < -0.3 is 19.1 Å². The molecule has 0 N–H and O–H groups in total. The number of nitrogens with zero attached hydrogens (tertiary/aromatic N) is 1. The third kappa shape index (κ3) is 4.38. The molecule has 6 heteroatoms. The monoisotopic (exact) mass is 273 g/mol. The van der Waals surface area contributed by atoms with Crippen LogP contribution in [-0.2, 0) is 19.0 Å². The maximum atomic E-state index is 12.0. The Bertz CT molecular complexity index is 336. The SMILES string of the molecule is COC(=O)C1CN(C(=O)OC(C)(C)C)CCC1OC. The number of piperidine rings is 1. The van der Waals surface area contributed by atoms with Gasteiger partial charge in [0, 0.05) is 20.2 Å². The second kappa shape index (κ2) is 6.23. The van der Waals surface area contributed by atoms with Gasteiger partial charge >= 0.3 is 12.1 Å². The Labute approximate surface area is 114 Å². The van der Waals surface area contributed by atoms with Gasteiger partial charge in [0.15, 0.2) is 0 Å². The number of carbonyl (C=O) groups is 2. The predicted octanol–water partition coefficient (Wildman–Crippen LogP) is 1.43. The lowest BCUT2D eigenvalue weighted by atomic mass is 9.95. The minimum Gasteiger partial charge on any atom is -0.469 e. The van der Waals surface area contributed by atoms with E-state index in [1.165, 1.54) is 12.0 Å². The Morgan fingerprint density at radius 2 is 1.84 bits per heavy atom. The van der Waals surface area contributed by atoms with Crippen LogP contribution in [0.15, 0.2) is 0 Å². The topological polar surface area (TPSA) is 65.1 Å². The molecule has 6 nitrogen and oxygen atoms in total. The lowest BCUT2D eigenvalue weighted by Crippen LogP contribution is -2.50. The first-order valence-corrected chi connectivity index (χ1v) is 6.37. The Balaban J connectivity index is 2.69. The largest absolute Gasteiger partial charge is 0.469 e. The fourth-order valence-corrected chi connectivity index (χ4v) is 2.08. The van der Waals surface area contributed by atoms with E-state index in [2.05, 4.69) is 0 Å². The molecular formula is C13H23NO5. The van der Waals surface area contributed by atoms with Crippen molar-refractivity contribution >= 4 is 12.1 Å². The molecule has 1 amide bonds. The van der Waals surface area contributed by atoms with E-state index < -0.39 is 17.6 Å². The van der Waals surface area contributed by atoms with Gasteiger partial charge in [-0.1, -0.05) is 0 Å². The Morgan fingerprint density at radius 3 is 2.32 bits per heavy atom. The van der Waals surface area contributed by atoms with Gasteiger partial charge in [0.1, 0.15) is 11.5 Å². The first-order valence-electron chi connectivity index (χ1n) is 6.37. The van der Waals surface area contributed by atoms with Gasteiger partial charge in [-0.25, -0.2) is 4.79 Å². The van der Waals surface area contributed by atoms with E-state index in [4.69, 9.17) is 14.2 Å². The number of hydrogen-bond donors (Lipinski definition) is 0. The van der Waals surface area contributed by atoms with E-state index in [0.717, 1.165) is 0 Å². The molecule has 0 spiro atoms. The normalized spacial score (nSPS) is 23.9. The zero-order chi connectivity index (χ0) is 14.6. The summed E-state index contributed by atoms with van der Waals surface area (Å²) in [5.41, 5.74) is -0.546. The van der Waals surface area contributed by atoms with E-state index in [1.807, 2.05) is 20.8 Å². The Hall–Kier alpha value is -1.30. The molecule has 0 aliphatic carbocycles. The molecule has 0 saturated carbocycles. The molecule has 1 aliphatic heterocycles. The third-order valence-corrected chi connectivity index (χ3v) is 3.01. The molecule has 2 atom stereocenters. The van der Waals surface area contributed by atoms with Crippen LogP contribution in [-0.4, -0.2) is 56.0 Å². The number of carbonyl (C=O) groups excluding carboxylic acids is 2. The number of esters is 1. The molecule has 0 aromatic heterocycles. The summed E-state index contributed by atoms with van der Waals surface area (Å²) in [5, 5.41) is 0. The zero-order valence-corrected chi connectivity index (χ0v) is 12.3. The number of methoxy groups -OCH3 is 2. The van der Waals surface area contributed by atoms with Crippen LogP contribution in [0.2, 0.25) is 0 Å². The minimum atomic E-state index is -0.546. The summed E-state index contributed by atoms with van der Waals surface area (Å²) in [4.78, 5) is 25.2. The maximum absolute atomic E-state index is 12.0. The molecule has 19 heavy (non-hydrogen) atoms. The van der Waals surface area contributed by atoms with Crippen LogP contribution in [0.5, 0.6) is 0 Å². The fraction of sp³-hybridized carbons (Fsp3) is 0.846. The summed E-state index contributed by atoms with van der Waals surface area (Å²) in [7, 11) is 2.89. The first-order chi connectivity index (χ1) is 8.78. The minimum absolute atomic E-state index is 0.217. The van der Waals surface area contributed by atoms with Crippen molar-refractivity contribution in [3.63, 3.8) is 0 Å². The van der Waals surface area contributed by atoms with Crippen LogP contribution >= 0.6 is 0 Å². The lowest BCUT2D eigenvalue weighted by Gasteiger charge is -2.36. The highest BCUT2D eigenvalue weighted by molar-refractivity contribution is 5.75. The third-order valence-electron chi connectivity index (χ3n) is 3.01. The molecule has 1 fully saturated rings. The van der Waals surface area contributed by atoms with Gasteiger partial charge in [0.25, 0.3) is 0 Å². The van der Waals surface area contributed by atoms with Crippen molar-refractivity contribution < 1.29 is 23.8 Å². The summed E-state index contributed by atoms with van der Waals surface area (Å²) in [5.74, 6) is -0.823. The van der Waals surface area contributed by atoms with E-state index in [1.54, 1.807) is 7.11 Å². The highest BCUT2D eigenvalue weighted by atomic mass is 16.6. The number of likely N-dealkylation sites (tertiary alicyclic amines) is 1. The summed E-state index contributed by atoms with van der Waals surface area (Å²) in [6, 6.07) is 0. The smallest absolute Gasteiger partial charge is 0.410 e. The van der Waals surface area contributed by atoms with Crippen molar-refractivity contribution in [1.29, 1.82) is 0 Å². The highest BCUT2D eigenvalue weighted by Gasteiger charge is 2.38. The standard InChI is InChI=1S/C13H23NO5/c1-13(2,3)19-12(16)14-7-6-10(17-4)9(8-14)11(15)18-5/h9-10H,6-8H2,1-5H3. The molecule has 1 aliphatic rings. The molecule has 2 unspecified atom stereocenters. The average Bonchev–Trinajstić information content (AvgIpc) is 2.35. The summed E-state index contributed by atoms with van der Waals surface area (Å²) >= 11 is 0. The molecule has 1 heterocycles. The van der Waals surface area contributed by atoms with Crippen molar-refractivity contribution in [1.82, 2.24) is 4.90 Å². The van der Waals surface area contributed by atoms with E-state index >= 15 is 0 Å². The maximum Gasteiger partial charge on any atom is 0.410 e. The Morgan fingerprint density at radius 1 is 1.21 bits per heavy atom. The van der Waals surface area contributed by atoms with Gasteiger partial charge in [-0.05, 0) is 27.2 Å². The molecule has 1 saturated heterocycles. The molecule has 1 rings (SSSR count). The van der Waals surface area contributed by atoms with Crippen LogP contribution in [0.3, 0.4) is 0 Å². The van der Waals surface area contributed by atoms with Crippen LogP contribution in [0.25, 0.3) is 0 Å². The Kier molecular flexibility index (Phi) is 5.17. The number of amides is 1. The van der Waals surface area contributed by atoms with Crippen LogP contribution in [0, 0.1) is 5.92 Å². The molecule has 110 valence electrons. The molecule has 0 aromatic rings. The van der Waals surface area contributed by atoms with Gasteiger partial charge in [0.2, 0.25) is 0 Å². The number of ether oxygens (including phenoxy) is 3. The van der Waals surface area contributed by atoms with Crippen molar-refractivity contribution in [3.8, 4) is 0 Å². The second-order valence-electron chi connectivity index (χ2n) is 5.62. The van der Waals surface area contributed by atoms with E-state index in [0.29, 0.717) is 13.0 Å². The van der Waals surface area contributed by atoms with Gasteiger partial charge in [-0.15, -0.1) is 0 Å². The van der Waals surface area contributed by atoms with Crippen molar-refractivity contribution in [3.05, 3.63) is 0 Å². The summed E-state index contributed by atoms with van der Waals surface area (Å²) in [6.07, 6.45) is -0.0303. The molecule has 0 aromatic carbocycles. The molecule has 0 radical (unpaired) electrons. The van der Waals surface area contributed by atoms with Gasteiger partial charge in [-0.2, -0.15) is 0 Å². The molecular weight excluding hydrogens is 250 g/mol. The van der Waals surface area contributed by atoms with E-state index in [-0.39, 0.29) is 18.6 Å². The molecule has 0 bridgehead atoms. The van der Waals surface area contributed by atoms with Crippen LogP contribution < -0.4 is 0 Å². The van der Waals surface area contributed by atoms with Gasteiger partial charge in [0.05, 0.1) is 13.2 Å². The lowest BCUT2D eigenvalue weighted by molar-refractivity contribution is -0.153. The summed E-state index contributed by atoms with van der Waals surface area (Å²) < 4.78 is 15.3. The van der Waals surface area contributed by atoms with E-state index in [9.17, 15) is 9.59 Å². The first kappa shape index (κ1) is 15.8. The van der Waals surface area contributed by atoms with Crippen molar-refractivity contribution in [2.24, 2.45) is 5.92 Å². The second-order valence-corrected chi connectivity index (χ2v) is 5.62. The van der Waals surface area contributed by atoms with Crippen LogP contribution in [0.4, 0.5) is 4.79 Å².